The summed E-state index contributed by atoms with van der Waals surface area (Å²) < 4.78 is 15.4. The maximum absolute atomic E-state index is 6.04. The second-order valence-electron chi connectivity index (χ2n) is 2.74. The van der Waals surface area contributed by atoms with E-state index in [4.69, 9.17) is 36.5 Å². The quantitative estimate of drug-likeness (QED) is 0.521. The maximum Gasteiger partial charge on any atom is 0.538 e. The first kappa shape index (κ1) is 14.7. The lowest BCUT2D eigenvalue weighted by molar-refractivity contribution is 0.0666. The molecule has 14 heavy (non-hydrogen) atoms. The Morgan fingerprint density at radius 3 is 1.36 bits per heavy atom. The van der Waals surface area contributed by atoms with Gasteiger partial charge in [-0.3, -0.25) is 0 Å². The van der Waals surface area contributed by atoms with Crippen molar-refractivity contribution in [3.63, 3.8) is 0 Å². The Morgan fingerprint density at radius 2 is 1.21 bits per heavy atom. The summed E-state index contributed by atoms with van der Waals surface area (Å²) in [5, 5.41) is 0. The minimum absolute atomic E-state index is 0.473. The molecule has 0 fully saturated rings. The standard InChI is InChI=1S/C8H18Cl2O3Si/c1-5-11-14(12-6-2,13-7-3)8(4,9)10/h5-7H2,1-4H3. The molecule has 3 nitrogen and oxygen atoms in total. The normalized spacial score (nSPS) is 13.3. The summed E-state index contributed by atoms with van der Waals surface area (Å²) in [6.45, 7) is 8.64. The van der Waals surface area contributed by atoms with Crippen molar-refractivity contribution in [3.05, 3.63) is 0 Å². The van der Waals surface area contributed by atoms with Crippen LogP contribution in [0.15, 0.2) is 0 Å². The zero-order valence-corrected chi connectivity index (χ0v) is 11.6. The molecule has 0 aromatic heterocycles. The topological polar surface area (TPSA) is 27.7 Å². The van der Waals surface area contributed by atoms with E-state index in [0.29, 0.717) is 19.8 Å². The van der Waals surface area contributed by atoms with Crippen molar-refractivity contribution in [1.82, 2.24) is 0 Å². The van der Waals surface area contributed by atoms with Crippen LogP contribution in [0.4, 0.5) is 0 Å². The molecule has 0 aromatic rings. The molecular formula is C8H18Cl2O3Si. The Bertz CT molecular complexity index is 144. The molecule has 0 amide bonds. The average molecular weight is 261 g/mol. The number of hydrogen-bond donors (Lipinski definition) is 0. The fourth-order valence-electron chi connectivity index (χ4n) is 1.08. The van der Waals surface area contributed by atoms with E-state index in [0.717, 1.165) is 0 Å². The van der Waals surface area contributed by atoms with Gasteiger partial charge in [0.2, 0.25) is 0 Å². The van der Waals surface area contributed by atoms with Gasteiger partial charge in [0.25, 0.3) is 0 Å². The summed E-state index contributed by atoms with van der Waals surface area (Å²) in [4.78, 5) is 0. The van der Waals surface area contributed by atoms with Crippen LogP contribution in [0, 0.1) is 0 Å². The first-order chi connectivity index (χ1) is 6.43. The lowest BCUT2D eigenvalue weighted by atomic mass is 10.9. The highest BCUT2D eigenvalue weighted by atomic mass is 35.5. The molecule has 0 bridgehead atoms. The average Bonchev–Trinajstić information content (AvgIpc) is 2.03. The highest BCUT2D eigenvalue weighted by Crippen LogP contribution is 2.34. The molecule has 0 saturated heterocycles. The van der Waals surface area contributed by atoms with E-state index >= 15 is 0 Å². The molecule has 86 valence electrons. The van der Waals surface area contributed by atoms with Crippen molar-refractivity contribution < 1.29 is 13.3 Å². The summed E-state index contributed by atoms with van der Waals surface area (Å²) in [5.74, 6) is 0. The van der Waals surface area contributed by atoms with Crippen molar-refractivity contribution in [2.75, 3.05) is 19.8 Å². The van der Waals surface area contributed by atoms with Gasteiger partial charge in [0.1, 0.15) is 0 Å². The summed E-state index contributed by atoms with van der Waals surface area (Å²) >= 11 is 12.1. The fourth-order valence-corrected chi connectivity index (χ4v) is 4.21. The number of halogens is 2. The Hall–Kier alpha value is 0.677. The minimum atomic E-state index is -2.97. The van der Waals surface area contributed by atoms with Crippen molar-refractivity contribution in [3.8, 4) is 0 Å². The summed E-state index contributed by atoms with van der Waals surface area (Å²) in [6, 6.07) is 0. The first-order valence-electron chi connectivity index (χ1n) is 4.73. The van der Waals surface area contributed by atoms with Crippen LogP contribution < -0.4 is 0 Å². The van der Waals surface area contributed by atoms with Crippen LogP contribution >= 0.6 is 23.2 Å². The third-order valence-electron chi connectivity index (χ3n) is 1.54. The van der Waals surface area contributed by atoms with Crippen LogP contribution in [0.25, 0.3) is 0 Å². The van der Waals surface area contributed by atoms with Crippen LogP contribution in [-0.4, -0.2) is 32.6 Å². The highest BCUT2D eigenvalue weighted by Gasteiger charge is 2.57. The predicted molar refractivity (Wildman–Crippen MR) is 60.7 cm³/mol. The van der Waals surface area contributed by atoms with E-state index in [9.17, 15) is 0 Å². The van der Waals surface area contributed by atoms with Gasteiger partial charge in [-0.15, -0.1) is 0 Å². The fraction of sp³-hybridized carbons (Fsp3) is 1.00. The number of rotatable bonds is 7. The SMILES string of the molecule is CCO[Si](OCC)(OCC)C(C)(Cl)Cl. The number of hydrogen-bond acceptors (Lipinski definition) is 3. The van der Waals surface area contributed by atoms with Gasteiger partial charge < -0.3 is 13.3 Å². The second kappa shape index (κ2) is 6.30. The minimum Gasteiger partial charge on any atom is -0.372 e. The van der Waals surface area contributed by atoms with Gasteiger partial charge in [-0.1, -0.05) is 23.2 Å². The van der Waals surface area contributed by atoms with Gasteiger partial charge in [-0.05, 0) is 27.7 Å². The van der Waals surface area contributed by atoms with Crippen LogP contribution in [0.5, 0.6) is 0 Å². The van der Waals surface area contributed by atoms with Crippen molar-refractivity contribution in [1.29, 1.82) is 0 Å². The van der Waals surface area contributed by atoms with Crippen LogP contribution in [0.2, 0.25) is 0 Å². The predicted octanol–water partition coefficient (Wildman–Crippen LogP) is 2.77. The van der Waals surface area contributed by atoms with Gasteiger partial charge in [0.15, 0.2) is 3.96 Å². The van der Waals surface area contributed by atoms with Gasteiger partial charge in [-0.2, -0.15) is 0 Å². The van der Waals surface area contributed by atoms with Gasteiger partial charge >= 0.3 is 8.80 Å². The summed E-state index contributed by atoms with van der Waals surface area (Å²) in [7, 11) is -2.97. The molecule has 0 spiro atoms. The van der Waals surface area contributed by atoms with Gasteiger partial charge in [0.05, 0.1) is 0 Å². The first-order valence-corrected chi connectivity index (χ1v) is 7.21. The molecule has 0 aliphatic heterocycles. The highest BCUT2D eigenvalue weighted by molar-refractivity contribution is 6.84. The summed E-state index contributed by atoms with van der Waals surface area (Å²) in [5.41, 5.74) is 0. The van der Waals surface area contributed by atoms with E-state index in [1.165, 1.54) is 0 Å². The van der Waals surface area contributed by atoms with Crippen LogP contribution in [0.3, 0.4) is 0 Å². The second-order valence-corrected chi connectivity index (χ2v) is 8.06. The van der Waals surface area contributed by atoms with Crippen LogP contribution in [0.1, 0.15) is 27.7 Å². The molecule has 0 rings (SSSR count). The Labute approximate surface area is 97.0 Å². The van der Waals surface area contributed by atoms with Gasteiger partial charge in [-0.25, -0.2) is 0 Å². The molecule has 0 radical (unpaired) electrons. The lowest BCUT2D eigenvalue weighted by Gasteiger charge is -2.34. The molecule has 6 heteroatoms. The largest absolute Gasteiger partial charge is 0.538 e. The molecule has 0 atom stereocenters. The van der Waals surface area contributed by atoms with E-state index in [-0.39, 0.29) is 0 Å². The maximum atomic E-state index is 6.04. The molecule has 0 saturated carbocycles. The summed E-state index contributed by atoms with van der Waals surface area (Å²) in [6.07, 6.45) is 0. The van der Waals surface area contributed by atoms with Crippen molar-refractivity contribution in [2.45, 2.75) is 31.7 Å². The monoisotopic (exact) mass is 260 g/mol. The molecule has 0 aliphatic rings. The third kappa shape index (κ3) is 3.68. The molecule has 0 unspecified atom stereocenters. The van der Waals surface area contributed by atoms with E-state index in [1.54, 1.807) is 6.92 Å². The van der Waals surface area contributed by atoms with Crippen LogP contribution in [-0.2, 0) is 13.3 Å². The lowest BCUT2D eigenvalue weighted by Crippen LogP contribution is -2.58. The van der Waals surface area contributed by atoms with Gasteiger partial charge in [0, 0.05) is 19.8 Å². The smallest absolute Gasteiger partial charge is 0.372 e. The molecular weight excluding hydrogens is 243 g/mol. The molecule has 0 heterocycles. The van der Waals surface area contributed by atoms with E-state index in [2.05, 4.69) is 0 Å². The Balaban J connectivity index is 4.73. The Kier molecular flexibility index (Phi) is 6.61. The number of alkyl halides is 2. The third-order valence-corrected chi connectivity index (χ3v) is 6.01. The Morgan fingerprint density at radius 1 is 0.929 bits per heavy atom. The molecule has 0 aromatic carbocycles. The van der Waals surface area contributed by atoms with E-state index in [1.807, 2.05) is 20.8 Å². The molecule has 0 aliphatic carbocycles. The van der Waals surface area contributed by atoms with Crippen molar-refractivity contribution in [2.24, 2.45) is 0 Å². The van der Waals surface area contributed by atoms with Crippen molar-refractivity contribution >= 4 is 32.0 Å². The van der Waals surface area contributed by atoms with E-state index < -0.39 is 12.8 Å². The zero-order valence-electron chi connectivity index (χ0n) is 9.10. The molecule has 0 N–H and O–H groups in total. The zero-order chi connectivity index (χ0) is 11.2.